The van der Waals surface area contributed by atoms with Crippen molar-refractivity contribution in [3.8, 4) is 0 Å². The standard InChI is InChI=1S/C11H14N4O2/c1-11(2)10(17)14-9(16)6-15(11)8-3-4-13-5-7(8)12/h3-5H,6,12H2,1-2H3,(H,14,16,17). The summed E-state index contributed by atoms with van der Waals surface area (Å²) in [7, 11) is 0. The average molecular weight is 234 g/mol. The lowest BCUT2D eigenvalue weighted by molar-refractivity contribution is -0.135. The van der Waals surface area contributed by atoms with Gasteiger partial charge in [0.2, 0.25) is 5.91 Å². The molecular weight excluding hydrogens is 220 g/mol. The molecule has 1 aliphatic heterocycles. The van der Waals surface area contributed by atoms with Gasteiger partial charge in [0, 0.05) is 6.20 Å². The van der Waals surface area contributed by atoms with Gasteiger partial charge in [0.1, 0.15) is 5.54 Å². The van der Waals surface area contributed by atoms with Gasteiger partial charge in [-0.3, -0.25) is 19.9 Å². The number of nitrogens with two attached hydrogens (primary N) is 1. The summed E-state index contributed by atoms with van der Waals surface area (Å²) in [5.74, 6) is -0.657. The highest BCUT2D eigenvalue weighted by Crippen LogP contribution is 2.30. The van der Waals surface area contributed by atoms with E-state index in [9.17, 15) is 9.59 Å². The van der Waals surface area contributed by atoms with E-state index >= 15 is 0 Å². The fraction of sp³-hybridized carbons (Fsp3) is 0.364. The Balaban J connectivity index is 2.46. The van der Waals surface area contributed by atoms with E-state index in [0.29, 0.717) is 11.4 Å². The number of carbonyl (C=O) groups excluding carboxylic acids is 2. The van der Waals surface area contributed by atoms with Crippen LogP contribution < -0.4 is 16.0 Å². The summed E-state index contributed by atoms with van der Waals surface area (Å²) < 4.78 is 0. The van der Waals surface area contributed by atoms with E-state index < -0.39 is 5.54 Å². The maximum Gasteiger partial charge on any atom is 0.251 e. The number of hydrogen-bond donors (Lipinski definition) is 2. The Hall–Kier alpha value is -2.11. The molecule has 6 heteroatoms. The van der Waals surface area contributed by atoms with Gasteiger partial charge in [-0.25, -0.2) is 0 Å². The molecule has 0 aliphatic carbocycles. The molecule has 0 unspecified atom stereocenters. The number of nitrogens with zero attached hydrogens (tertiary/aromatic N) is 2. The van der Waals surface area contributed by atoms with Crippen molar-refractivity contribution >= 4 is 23.2 Å². The number of anilines is 2. The third kappa shape index (κ3) is 1.82. The molecule has 0 atom stereocenters. The Labute approximate surface area is 98.8 Å². The van der Waals surface area contributed by atoms with Crippen molar-refractivity contribution < 1.29 is 9.59 Å². The number of carbonyl (C=O) groups is 2. The summed E-state index contributed by atoms with van der Waals surface area (Å²) >= 11 is 0. The molecule has 0 aromatic carbocycles. The van der Waals surface area contributed by atoms with Crippen LogP contribution in [0.2, 0.25) is 0 Å². The van der Waals surface area contributed by atoms with Crippen molar-refractivity contribution in [1.29, 1.82) is 0 Å². The van der Waals surface area contributed by atoms with E-state index in [1.54, 1.807) is 31.0 Å². The monoisotopic (exact) mass is 234 g/mol. The summed E-state index contributed by atoms with van der Waals surface area (Å²) in [6.07, 6.45) is 3.08. The Morgan fingerprint density at radius 3 is 2.82 bits per heavy atom. The van der Waals surface area contributed by atoms with E-state index in [4.69, 9.17) is 5.73 Å². The van der Waals surface area contributed by atoms with Crippen LogP contribution in [-0.2, 0) is 9.59 Å². The molecule has 90 valence electrons. The second-order valence-corrected chi connectivity index (χ2v) is 4.46. The second-order valence-electron chi connectivity index (χ2n) is 4.46. The van der Waals surface area contributed by atoms with Crippen molar-refractivity contribution in [3.63, 3.8) is 0 Å². The predicted molar refractivity (Wildman–Crippen MR) is 63.2 cm³/mol. The lowest BCUT2D eigenvalue weighted by atomic mass is 9.97. The van der Waals surface area contributed by atoms with Gasteiger partial charge in [-0.15, -0.1) is 0 Å². The van der Waals surface area contributed by atoms with E-state index in [-0.39, 0.29) is 18.4 Å². The summed E-state index contributed by atoms with van der Waals surface area (Å²) in [6, 6.07) is 1.70. The molecular formula is C11H14N4O2. The maximum atomic E-state index is 11.8. The molecule has 2 heterocycles. The minimum absolute atomic E-state index is 0.104. The van der Waals surface area contributed by atoms with Gasteiger partial charge in [0.25, 0.3) is 5.91 Å². The zero-order valence-electron chi connectivity index (χ0n) is 9.73. The summed E-state index contributed by atoms with van der Waals surface area (Å²) in [6.45, 7) is 3.59. The normalized spacial score (nSPS) is 19.1. The van der Waals surface area contributed by atoms with Gasteiger partial charge >= 0.3 is 0 Å². The fourth-order valence-electron chi connectivity index (χ4n) is 1.81. The van der Waals surface area contributed by atoms with Crippen LogP contribution in [0.5, 0.6) is 0 Å². The number of aromatic nitrogens is 1. The van der Waals surface area contributed by atoms with Gasteiger partial charge in [0.15, 0.2) is 0 Å². The fourth-order valence-corrected chi connectivity index (χ4v) is 1.81. The van der Waals surface area contributed by atoms with Crippen LogP contribution >= 0.6 is 0 Å². The topological polar surface area (TPSA) is 88.3 Å². The van der Waals surface area contributed by atoms with Crippen LogP contribution in [0.4, 0.5) is 11.4 Å². The number of piperazine rings is 1. The number of pyridine rings is 1. The molecule has 1 fully saturated rings. The summed E-state index contributed by atoms with van der Waals surface area (Å²) in [5, 5.41) is 2.31. The largest absolute Gasteiger partial charge is 0.396 e. The molecule has 17 heavy (non-hydrogen) atoms. The third-order valence-corrected chi connectivity index (χ3v) is 2.90. The first-order valence-corrected chi connectivity index (χ1v) is 5.24. The molecule has 1 aromatic heterocycles. The highest BCUT2D eigenvalue weighted by Gasteiger charge is 2.41. The first-order chi connectivity index (χ1) is 7.93. The molecule has 2 rings (SSSR count). The summed E-state index contributed by atoms with van der Waals surface area (Å²) in [5.41, 5.74) is 6.09. The molecule has 6 nitrogen and oxygen atoms in total. The SMILES string of the molecule is CC1(C)C(=O)NC(=O)CN1c1ccncc1N. The van der Waals surface area contributed by atoms with E-state index in [1.165, 1.54) is 6.20 Å². The first kappa shape index (κ1) is 11.4. The molecule has 1 aliphatic rings. The van der Waals surface area contributed by atoms with E-state index in [2.05, 4.69) is 10.3 Å². The van der Waals surface area contributed by atoms with E-state index in [0.717, 1.165) is 0 Å². The minimum Gasteiger partial charge on any atom is -0.396 e. The predicted octanol–water partition coefficient (Wildman–Crippen LogP) is -0.0948. The first-order valence-electron chi connectivity index (χ1n) is 5.24. The minimum atomic E-state index is -0.816. The second kappa shape index (κ2) is 3.73. The molecule has 3 N–H and O–H groups in total. The number of rotatable bonds is 1. The Morgan fingerprint density at radius 1 is 1.47 bits per heavy atom. The number of imide groups is 1. The van der Waals surface area contributed by atoms with Crippen LogP contribution in [0.25, 0.3) is 0 Å². The molecule has 0 radical (unpaired) electrons. The van der Waals surface area contributed by atoms with Crippen LogP contribution in [-0.4, -0.2) is 28.9 Å². The van der Waals surface area contributed by atoms with Crippen molar-refractivity contribution in [2.45, 2.75) is 19.4 Å². The maximum absolute atomic E-state index is 11.8. The number of amides is 2. The van der Waals surface area contributed by atoms with Crippen molar-refractivity contribution in [3.05, 3.63) is 18.5 Å². The van der Waals surface area contributed by atoms with Crippen molar-refractivity contribution in [2.75, 3.05) is 17.2 Å². The van der Waals surface area contributed by atoms with Gasteiger partial charge in [-0.2, -0.15) is 0 Å². The smallest absolute Gasteiger partial charge is 0.251 e. The number of nitrogen functional groups attached to an aromatic ring is 1. The Morgan fingerprint density at radius 2 is 2.18 bits per heavy atom. The van der Waals surface area contributed by atoms with Crippen LogP contribution in [0.1, 0.15) is 13.8 Å². The van der Waals surface area contributed by atoms with Gasteiger partial charge in [-0.1, -0.05) is 0 Å². The molecule has 0 spiro atoms. The molecule has 1 aromatic rings. The Bertz CT molecular complexity index is 484. The van der Waals surface area contributed by atoms with Crippen molar-refractivity contribution in [2.24, 2.45) is 0 Å². The molecule has 0 saturated carbocycles. The number of nitrogens with one attached hydrogen (secondary N) is 1. The summed E-state index contributed by atoms with van der Waals surface area (Å²) in [4.78, 5) is 28.8. The highest BCUT2D eigenvalue weighted by molar-refractivity contribution is 6.07. The molecule has 1 saturated heterocycles. The molecule has 2 amide bonds. The highest BCUT2D eigenvalue weighted by atomic mass is 16.2. The van der Waals surface area contributed by atoms with Gasteiger partial charge < -0.3 is 10.6 Å². The van der Waals surface area contributed by atoms with Gasteiger partial charge in [0.05, 0.1) is 24.1 Å². The van der Waals surface area contributed by atoms with Crippen LogP contribution in [0.3, 0.4) is 0 Å². The zero-order valence-corrected chi connectivity index (χ0v) is 9.73. The molecule has 0 bridgehead atoms. The quantitative estimate of drug-likeness (QED) is 0.663. The van der Waals surface area contributed by atoms with Gasteiger partial charge in [-0.05, 0) is 19.9 Å². The lowest BCUT2D eigenvalue weighted by Crippen LogP contribution is -2.64. The van der Waals surface area contributed by atoms with Crippen LogP contribution in [0, 0.1) is 0 Å². The van der Waals surface area contributed by atoms with Crippen molar-refractivity contribution in [1.82, 2.24) is 10.3 Å². The van der Waals surface area contributed by atoms with E-state index in [1.807, 2.05) is 0 Å². The number of hydrogen-bond acceptors (Lipinski definition) is 5. The Kier molecular flexibility index (Phi) is 2.49. The third-order valence-electron chi connectivity index (χ3n) is 2.90. The average Bonchev–Trinajstić information content (AvgIpc) is 2.25. The lowest BCUT2D eigenvalue weighted by Gasteiger charge is -2.42. The van der Waals surface area contributed by atoms with Crippen LogP contribution in [0.15, 0.2) is 18.5 Å². The zero-order chi connectivity index (χ0) is 12.6.